The second-order valence-corrected chi connectivity index (χ2v) is 6.08. The lowest BCUT2D eigenvalue weighted by Crippen LogP contribution is -2.23. The van der Waals surface area contributed by atoms with Crippen molar-refractivity contribution in [3.8, 4) is 0 Å². The van der Waals surface area contributed by atoms with Crippen LogP contribution in [0, 0.1) is 6.92 Å². The molecule has 1 heterocycles. The maximum atomic E-state index is 4.37. The summed E-state index contributed by atoms with van der Waals surface area (Å²) < 4.78 is 1.17. The van der Waals surface area contributed by atoms with E-state index in [4.69, 9.17) is 0 Å². The molecule has 0 saturated carbocycles. The number of aryl methyl sites for hydroxylation is 1. The summed E-state index contributed by atoms with van der Waals surface area (Å²) in [4.78, 5) is 4.37. The molecular formula is C14H17BrN2S. The van der Waals surface area contributed by atoms with E-state index in [2.05, 4.69) is 58.3 Å². The quantitative estimate of drug-likeness (QED) is 0.895. The molecule has 0 aliphatic heterocycles. The van der Waals surface area contributed by atoms with Gasteiger partial charge in [-0.2, -0.15) is 0 Å². The van der Waals surface area contributed by atoms with E-state index in [1.54, 1.807) is 11.3 Å². The predicted molar refractivity (Wildman–Crippen MR) is 81.1 cm³/mol. The maximum absolute atomic E-state index is 4.37. The van der Waals surface area contributed by atoms with Crippen molar-refractivity contribution >= 4 is 27.3 Å². The number of likely N-dealkylation sites (N-methyl/N-ethyl adjacent to an activating group) is 1. The van der Waals surface area contributed by atoms with Gasteiger partial charge in [-0.25, -0.2) is 4.98 Å². The molecule has 2 rings (SSSR count). The summed E-state index contributed by atoms with van der Waals surface area (Å²) in [6.45, 7) is 5.20. The van der Waals surface area contributed by atoms with Crippen LogP contribution < -0.4 is 5.32 Å². The van der Waals surface area contributed by atoms with Gasteiger partial charge in [-0.1, -0.05) is 35.0 Å². The lowest BCUT2D eigenvalue weighted by Gasteiger charge is -2.18. The van der Waals surface area contributed by atoms with Gasteiger partial charge in [0, 0.05) is 28.5 Å². The van der Waals surface area contributed by atoms with Gasteiger partial charge in [0.15, 0.2) is 0 Å². The molecule has 1 unspecified atom stereocenters. The van der Waals surface area contributed by atoms with Gasteiger partial charge < -0.3 is 5.32 Å². The second-order valence-electron chi connectivity index (χ2n) is 4.25. The van der Waals surface area contributed by atoms with E-state index >= 15 is 0 Å². The van der Waals surface area contributed by atoms with Crippen LogP contribution in [0.2, 0.25) is 0 Å². The van der Waals surface area contributed by atoms with Crippen LogP contribution in [0.25, 0.3) is 0 Å². The van der Waals surface area contributed by atoms with Gasteiger partial charge in [0.1, 0.15) is 0 Å². The number of benzene rings is 1. The number of aromatic nitrogens is 1. The number of rotatable bonds is 5. The summed E-state index contributed by atoms with van der Waals surface area (Å²) in [6, 6.07) is 6.89. The fraction of sp³-hybridized carbons (Fsp3) is 0.357. The minimum absolute atomic E-state index is 0.332. The molecule has 0 amide bonds. The Kier molecular flexibility index (Phi) is 4.92. The molecule has 0 bridgehead atoms. The highest BCUT2D eigenvalue weighted by atomic mass is 79.9. The first-order valence-corrected chi connectivity index (χ1v) is 7.75. The summed E-state index contributed by atoms with van der Waals surface area (Å²) in [7, 11) is 0. The molecule has 0 aliphatic carbocycles. The lowest BCUT2D eigenvalue weighted by molar-refractivity contribution is 0.548. The monoisotopic (exact) mass is 324 g/mol. The molecule has 0 fully saturated rings. The topological polar surface area (TPSA) is 24.9 Å². The average Bonchev–Trinajstić information content (AvgIpc) is 2.85. The first-order valence-electron chi connectivity index (χ1n) is 6.08. The standard InChI is InChI=1S/C14H17BrN2S/c1-3-16-13(9-14-17-6-7-18-14)11-5-4-10(2)12(15)8-11/h4-8,13,16H,3,9H2,1-2H3. The van der Waals surface area contributed by atoms with Gasteiger partial charge in [0.2, 0.25) is 0 Å². The summed E-state index contributed by atoms with van der Waals surface area (Å²) in [5.74, 6) is 0. The Labute approximate surface area is 121 Å². The number of halogens is 1. The van der Waals surface area contributed by atoms with Gasteiger partial charge in [0.25, 0.3) is 0 Å². The molecule has 1 N–H and O–H groups in total. The molecule has 0 radical (unpaired) electrons. The Hall–Kier alpha value is -0.710. The summed E-state index contributed by atoms with van der Waals surface area (Å²) in [5, 5.41) is 6.74. The van der Waals surface area contributed by atoms with Crippen molar-refractivity contribution in [2.24, 2.45) is 0 Å². The molecule has 0 aliphatic rings. The fourth-order valence-electron chi connectivity index (χ4n) is 1.91. The van der Waals surface area contributed by atoms with E-state index in [0.29, 0.717) is 6.04 Å². The molecule has 1 atom stereocenters. The highest BCUT2D eigenvalue weighted by Crippen LogP contribution is 2.24. The lowest BCUT2D eigenvalue weighted by atomic mass is 10.0. The summed E-state index contributed by atoms with van der Waals surface area (Å²) in [6.07, 6.45) is 2.81. The minimum Gasteiger partial charge on any atom is -0.310 e. The van der Waals surface area contributed by atoms with Gasteiger partial charge in [-0.3, -0.25) is 0 Å². The van der Waals surface area contributed by atoms with E-state index in [0.717, 1.165) is 13.0 Å². The number of hydrogen-bond acceptors (Lipinski definition) is 3. The number of nitrogens with one attached hydrogen (secondary N) is 1. The maximum Gasteiger partial charge on any atom is 0.0943 e. The number of thiazole rings is 1. The van der Waals surface area contributed by atoms with Crippen molar-refractivity contribution in [1.29, 1.82) is 0 Å². The Morgan fingerprint density at radius 3 is 2.89 bits per heavy atom. The zero-order valence-corrected chi connectivity index (χ0v) is 13.0. The third-order valence-electron chi connectivity index (χ3n) is 2.91. The highest BCUT2D eigenvalue weighted by molar-refractivity contribution is 9.10. The van der Waals surface area contributed by atoms with Gasteiger partial charge in [0.05, 0.1) is 5.01 Å². The third kappa shape index (κ3) is 3.40. The van der Waals surface area contributed by atoms with Crippen molar-refractivity contribution in [2.45, 2.75) is 26.3 Å². The Bertz CT molecular complexity index is 497. The zero-order chi connectivity index (χ0) is 13.0. The SMILES string of the molecule is CCNC(Cc1nccs1)c1ccc(C)c(Br)c1. The van der Waals surface area contributed by atoms with E-state index in [-0.39, 0.29) is 0 Å². The minimum atomic E-state index is 0.332. The molecule has 0 spiro atoms. The Morgan fingerprint density at radius 1 is 1.44 bits per heavy atom. The van der Waals surface area contributed by atoms with E-state index in [1.807, 2.05) is 11.6 Å². The second kappa shape index (κ2) is 6.45. The van der Waals surface area contributed by atoms with Gasteiger partial charge in [-0.15, -0.1) is 11.3 Å². The Balaban J connectivity index is 2.20. The van der Waals surface area contributed by atoms with Crippen LogP contribution in [-0.4, -0.2) is 11.5 Å². The van der Waals surface area contributed by atoms with Gasteiger partial charge in [-0.05, 0) is 30.7 Å². The molecule has 2 aromatic rings. The van der Waals surface area contributed by atoms with E-state index < -0.39 is 0 Å². The molecule has 1 aromatic carbocycles. The van der Waals surface area contributed by atoms with Crippen LogP contribution in [0.4, 0.5) is 0 Å². The normalized spacial score (nSPS) is 12.6. The van der Waals surface area contributed by atoms with E-state index in [1.165, 1.54) is 20.6 Å². The molecule has 4 heteroatoms. The van der Waals surface area contributed by atoms with Crippen molar-refractivity contribution in [3.05, 3.63) is 50.4 Å². The summed E-state index contributed by atoms with van der Waals surface area (Å²) in [5.41, 5.74) is 2.58. The first-order chi connectivity index (χ1) is 8.70. The fourth-order valence-corrected chi connectivity index (χ4v) is 2.97. The number of hydrogen-bond donors (Lipinski definition) is 1. The molecule has 0 saturated heterocycles. The zero-order valence-electron chi connectivity index (χ0n) is 10.6. The molecule has 96 valence electrons. The molecular weight excluding hydrogens is 308 g/mol. The van der Waals surface area contributed by atoms with Crippen LogP contribution in [0.15, 0.2) is 34.2 Å². The molecule has 1 aromatic heterocycles. The van der Waals surface area contributed by atoms with Crippen LogP contribution in [0.1, 0.15) is 29.1 Å². The predicted octanol–water partition coefficient (Wildman–Crippen LogP) is 4.11. The van der Waals surface area contributed by atoms with Crippen molar-refractivity contribution in [1.82, 2.24) is 10.3 Å². The third-order valence-corrected chi connectivity index (χ3v) is 4.57. The van der Waals surface area contributed by atoms with Gasteiger partial charge >= 0.3 is 0 Å². The summed E-state index contributed by atoms with van der Waals surface area (Å²) >= 11 is 5.32. The van der Waals surface area contributed by atoms with Crippen LogP contribution in [0.3, 0.4) is 0 Å². The highest BCUT2D eigenvalue weighted by Gasteiger charge is 2.13. The van der Waals surface area contributed by atoms with Crippen molar-refractivity contribution in [2.75, 3.05) is 6.54 Å². The molecule has 18 heavy (non-hydrogen) atoms. The van der Waals surface area contributed by atoms with Crippen molar-refractivity contribution in [3.63, 3.8) is 0 Å². The van der Waals surface area contributed by atoms with Crippen LogP contribution >= 0.6 is 27.3 Å². The van der Waals surface area contributed by atoms with Crippen molar-refractivity contribution < 1.29 is 0 Å². The van der Waals surface area contributed by atoms with Crippen LogP contribution in [-0.2, 0) is 6.42 Å². The Morgan fingerprint density at radius 2 is 2.28 bits per heavy atom. The first kappa shape index (κ1) is 13.7. The average molecular weight is 325 g/mol. The van der Waals surface area contributed by atoms with Crippen LogP contribution in [0.5, 0.6) is 0 Å². The number of nitrogens with zero attached hydrogens (tertiary/aromatic N) is 1. The molecule has 2 nitrogen and oxygen atoms in total. The largest absolute Gasteiger partial charge is 0.310 e. The smallest absolute Gasteiger partial charge is 0.0943 e. The van der Waals surface area contributed by atoms with E-state index in [9.17, 15) is 0 Å².